The highest BCUT2D eigenvalue weighted by Crippen LogP contribution is 2.36. The number of aromatic nitrogens is 1. The van der Waals surface area contributed by atoms with E-state index in [9.17, 15) is 32.3 Å². The molecular formula is C26H25F4N3O4. The summed E-state index contributed by atoms with van der Waals surface area (Å²) in [5.41, 5.74) is -0.178. The lowest BCUT2D eigenvalue weighted by Crippen LogP contribution is -2.37. The van der Waals surface area contributed by atoms with Crippen molar-refractivity contribution in [3.63, 3.8) is 0 Å². The number of rotatable bonds is 9. The Morgan fingerprint density at radius 2 is 1.78 bits per heavy atom. The van der Waals surface area contributed by atoms with Crippen LogP contribution in [0.15, 0.2) is 72.9 Å². The van der Waals surface area contributed by atoms with E-state index in [0.717, 1.165) is 40.9 Å². The molecule has 37 heavy (non-hydrogen) atoms. The minimum atomic E-state index is -4.64. The number of hydrogen-bond donors (Lipinski definition) is 2. The number of alkyl carbamates (subject to hydrolysis) is 1. The van der Waals surface area contributed by atoms with Crippen molar-refractivity contribution in [3.05, 3.63) is 101 Å². The van der Waals surface area contributed by atoms with Crippen molar-refractivity contribution in [2.75, 3.05) is 13.6 Å². The molecule has 1 aromatic heterocycles. The van der Waals surface area contributed by atoms with Gasteiger partial charge in [0.1, 0.15) is 12.7 Å². The summed E-state index contributed by atoms with van der Waals surface area (Å²) in [7, 11) is 1.33. The molecule has 0 aliphatic rings. The molecule has 0 saturated heterocycles. The highest BCUT2D eigenvalue weighted by molar-refractivity contribution is 5.77. The molecular weight excluding hydrogens is 494 g/mol. The third-order valence-corrected chi connectivity index (χ3v) is 5.58. The fraction of sp³-hybridized carbons (Fsp3) is 0.269. The van der Waals surface area contributed by atoms with Crippen molar-refractivity contribution in [1.82, 2.24) is 15.2 Å². The van der Waals surface area contributed by atoms with Crippen LogP contribution < -0.4 is 5.32 Å². The molecule has 0 saturated carbocycles. The van der Waals surface area contributed by atoms with Crippen LogP contribution in [0.1, 0.15) is 40.8 Å². The van der Waals surface area contributed by atoms with E-state index >= 15 is 0 Å². The second-order valence-corrected chi connectivity index (χ2v) is 8.17. The molecule has 11 heteroatoms. The molecule has 3 aromatic rings. The summed E-state index contributed by atoms with van der Waals surface area (Å²) in [5, 5.41) is 13.5. The van der Waals surface area contributed by atoms with Gasteiger partial charge in [0.05, 0.1) is 11.6 Å². The van der Waals surface area contributed by atoms with Crippen LogP contribution in [0.25, 0.3) is 0 Å². The van der Waals surface area contributed by atoms with Gasteiger partial charge in [0, 0.05) is 26.2 Å². The second-order valence-electron chi connectivity index (χ2n) is 8.17. The zero-order valence-electron chi connectivity index (χ0n) is 19.8. The highest BCUT2D eigenvalue weighted by atomic mass is 19.4. The van der Waals surface area contributed by atoms with Gasteiger partial charge in [-0.15, -0.1) is 0 Å². The predicted molar refractivity (Wildman–Crippen MR) is 125 cm³/mol. The molecule has 2 unspecified atom stereocenters. The minimum Gasteiger partial charge on any atom is -0.445 e. The lowest BCUT2D eigenvalue weighted by atomic mass is 9.94. The SMILES string of the molecule is CN(C(=O)CCNC(=O)OCc1ccccc1)C(c1ccnc(F)c1)C(O)c1cccc(C(F)(F)F)c1. The van der Waals surface area contributed by atoms with Gasteiger partial charge in [-0.2, -0.15) is 17.6 Å². The lowest BCUT2D eigenvalue weighted by Gasteiger charge is -2.33. The maximum atomic E-state index is 13.9. The number of amides is 2. The fourth-order valence-electron chi connectivity index (χ4n) is 3.68. The van der Waals surface area contributed by atoms with Gasteiger partial charge in [-0.05, 0) is 41.0 Å². The normalized spacial score (nSPS) is 12.9. The van der Waals surface area contributed by atoms with Crippen LogP contribution in [0.3, 0.4) is 0 Å². The number of alkyl halides is 3. The zero-order chi connectivity index (χ0) is 27.0. The van der Waals surface area contributed by atoms with Gasteiger partial charge in [-0.3, -0.25) is 4.79 Å². The molecule has 2 N–H and O–H groups in total. The van der Waals surface area contributed by atoms with E-state index in [0.29, 0.717) is 0 Å². The van der Waals surface area contributed by atoms with Crippen molar-refractivity contribution in [2.45, 2.75) is 31.3 Å². The summed E-state index contributed by atoms with van der Waals surface area (Å²) in [4.78, 5) is 29.4. The van der Waals surface area contributed by atoms with Gasteiger partial charge in [0.25, 0.3) is 0 Å². The minimum absolute atomic E-state index is 0.0411. The molecule has 2 amide bonds. The number of carbonyl (C=O) groups is 2. The van der Waals surface area contributed by atoms with E-state index in [-0.39, 0.29) is 30.7 Å². The van der Waals surface area contributed by atoms with Crippen LogP contribution in [0, 0.1) is 5.95 Å². The highest BCUT2D eigenvalue weighted by Gasteiger charge is 2.34. The van der Waals surface area contributed by atoms with Crippen LogP contribution >= 0.6 is 0 Å². The number of aliphatic hydroxyl groups is 1. The van der Waals surface area contributed by atoms with Crippen LogP contribution in [0.2, 0.25) is 0 Å². The summed E-state index contributed by atoms with van der Waals surface area (Å²) < 4.78 is 58.5. The van der Waals surface area contributed by atoms with E-state index in [1.54, 1.807) is 24.3 Å². The molecule has 196 valence electrons. The number of benzene rings is 2. The van der Waals surface area contributed by atoms with Gasteiger partial charge in [-0.1, -0.05) is 42.5 Å². The van der Waals surface area contributed by atoms with Crippen molar-refractivity contribution >= 4 is 12.0 Å². The maximum absolute atomic E-state index is 13.9. The Labute approximate surface area is 210 Å². The fourth-order valence-corrected chi connectivity index (χ4v) is 3.68. The molecule has 1 heterocycles. The largest absolute Gasteiger partial charge is 0.445 e. The Hall–Kier alpha value is -3.99. The topological polar surface area (TPSA) is 91.8 Å². The van der Waals surface area contributed by atoms with Crippen LogP contribution in [0.4, 0.5) is 22.4 Å². The van der Waals surface area contributed by atoms with Gasteiger partial charge < -0.3 is 20.1 Å². The monoisotopic (exact) mass is 519 g/mol. The van der Waals surface area contributed by atoms with Crippen molar-refractivity contribution < 1.29 is 37.0 Å². The molecule has 3 rings (SSSR count). The number of hydrogen-bond acceptors (Lipinski definition) is 5. The summed E-state index contributed by atoms with van der Waals surface area (Å²) in [6.45, 7) is -0.0622. The molecule has 0 radical (unpaired) electrons. The van der Waals surface area contributed by atoms with Crippen molar-refractivity contribution in [1.29, 1.82) is 0 Å². The molecule has 7 nitrogen and oxygen atoms in total. The van der Waals surface area contributed by atoms with E-state index in [1.165, 1.54) is 19.2 Å². The third kappa shape index (κ3) is 7.74. The Morgan fingerprint density at radius 1 is 1.05 bits per heavy atom. The van der Waals surface area contributed by atoms with Crippen molar-refractivity contribution in [2.24, 2.45) is 0 Å². The zero-order valence-corrected chi connectivity index (χ0v) is 19.8. The first-order valence-corrected chi connectivity index (χ1v) is 11.2. The number of pyridine rings is 1. The average molecular weight is 519 g/mol. The Morgan fingerprint density at radius 3 is 2.46 bits per heavy atom. The van der Waals surface area contributed by atoms with E-state index < -0.39 is 41.8 Å². The molecule has 0 spiro atoms. The molecule has 0 aliphatic heterocycles. The maximum Gasteiger partial charge on any atom is 0.416 e. The number of ether oxygens (including phenoxy) is 1. The summed E-state index contributed by atoms with van der Waals surface area (Å²) in [6, 6.07) is 14.1. The van der Waals surface area contributed by atoms with Crippen LogP contribution in [-0.2, 0) is 22.3 Å². The first-order chi connectivity index (χ1) is 17.6. The van der Waals surface area contributed by atoms with Crippen LogP contribution in [-0.4, -0.2) is 40.6 Å². The van der Waals surface area contributed by atoms with Crippen molar-refractivity contribution in [3.8, 4) is 0 Å². The molecule has 0 fully saturated rings. The van der Waals surface area contributed by atoms with E-state index in [1.807, 2.05) is 6.07 Å². The lowest BCUT2D eigenvalue weighted by molar-refractivity contribution is -0.138. The predicted octanol–water partition coefficient (Wildman–Crippen LogP) is 4.79. The van der Waals surface area contributed by atoms with Crippen LogP contribution in [0.5, 0.6) is 0 Å². The number of nitrogens with one attached hydrogen (secondary N) is 1. The van der Waals surface area contributed by atoms with Gasteiger partial charge in [-0.25, -0.2) is 9.78 Å². The number of halogens is 4. The smallest absolute Gasteiger partial charge is 0.416 e. The Bertz CT molecular complexity index is 1210. The van der Waals surface area contributed by atoms with E-state index in [2.05, 4.69) is 10.3 Å². The first kappa shape index (κ1) is 27.6. The average Bonchev–Trinajstić information content (AvgIpc) is 2.87. The number of nitrogens with zero attached hydrogens (tertiary/aromatic N) is 2. The second kappa shape index (κ2) is 12.3. The van der Waals surface area contributed by atoms with E-state index in [4.69, 9.17) is 4.74 Å². The molecule has 2 atom stereocenters. The number of likely N-dealkylation sites (N-methyl/N-ethyl adjacent to an activating group) is 1. The quantitative estimate of drug-likeness (QED) is 0.313. The van der Waals surface area contributed by atoms with Gasteiger partial charge >= 0.3 is 12.3 Å². The first-order valence-electron chi connectivity index (χ1n) is 11.2. The summed E-state index contributed by atoms with van der Waals surface area (Å²) >= 11 is 0. The molecule has 0 aliphatic carbocycles. The third-order valence-electron chi connectivity index (χ3n) is 5.58. The summed E-state index contributed by atoms with van der Waals surface area (Å²) in [6.07, 6.45) is -6.09. The molecule has 0 bridgehead atoms. The Kier molecular flexibility index (Phi) is 9.18. The standard InChI is InChI=1S/C26H25F4N3O4/c1-33(22(34)11-13-32-25(36)37-16-17-6-3-2-4-7-17)23(18-10-12-31-21(27)15-18)24(35)19-8-5-9-20(14-19)26(28,29)30/h2-10,12,14-15,23-24,35H,11,13,16H2,1H3,(H,32,36). The van der Waals surface area contributed by atoms with Gasteiger partial charge in [0.15, 0.2) is 0 Å². The molecule has 2 aromatic carbocycles. The Balaban J connectivity index is 1.70. The summed E-state index contributed by atoms with van der Waals surface area (Å²) in [5.74, 6) is -1.45. The number of carbonyl (C=O) groups excluding carboxylic acids is 2. The number of aliphatic hydroxyl groups excluding tert-OH is 1. The van der Waals surface area contributed by atoms with Gasteiger partial charge in [0.2, 0.25) is 11.9 Å².